The SMILES string of the molecule is C=C/C(C#N)=C/c1ccc(C)cc1.C=C/C(C#N)=C/c1ccc(CO)cc1.C=Cc1cc2ccccc2o1.C=Cc1cc2ccccc2s1.C=Cc1ccc(/C=C(\C#N)COC=O)cc1.C=Cc1nc2ccccc2o1.C=Cc1nc2ccccc2s1.O=Cc1ccco1.O=Cc1cccs1.[C-]#[N+]/C(C=C)=C\c1cccs1. The van der Waals surface area contributed by atoms with Gasteiger partial charge in [-0.15, -0.1) is 51.9 Å². The molecule has 0 unspecified atom stereocenters. The van der Waals surface area contributed by atoms with Crippen molar-refractivity contribution in [3.05, 3.63) is 411 Å². The van der Waals surface area contributed by atoms with Gasteiger partial charge in [0.1, 0.15) is 28.5 Å². The standard InChI is InChI=1S/C13H11NO2.C12H11NO.C12H11N.C10H8O.C10H8S.C9H7NO.2C9H7NS.C5H4O2.C5H4OS/c1-2-11-3-5-12(6-4-11)7-13(8-14)9-16-10-15;1-2-10(8-13)7-11-3-5-12(9-14)6-4-11;1-3-11(9-13)8-12-6-4-10(2)5-7-12;2*1-2-9-7-8-5-3-4-6-10(8)11-9;2*1-2-9-10-7-5-3-4-6-8(7)11-9;1-3-8(10-2)7-9-5-4-6-11-9;2*6-4-5-2-1-3-7-5/h2-7,10H,1,9H2;2-7,14H,1,9H2;3-8H,1H2,2H3;2*2-7H,1H2;2*2-6H,1H2;3-7H,1H2;2*1-4H/b13-7+;10-7-;11-8-;;;;;8-7-;;. The lowest BCUT2D eigenvalue weighted by molar-refractivity contribution is -0.127. The van der Waals surface area contributed by atoms with Crippen molar-refractivity contribution >= 4 is 161 Å². The molecule has 112 heavy (non-hydrogen) atoms. The van der Waals surface area contributed by atoms with Crippen LogP contribution in [0.1, 0.15) is 80.0 Å². The van der Waals surface area contributed by atoms with E-state index in [1.807, 2.05) is 212 Å². The molecule has 7 aromatic carbocycles. The lowest BCUT2D eigenvalue weighted by atomic mass is 10.1. The summed E-state index contributed by atoms with van der Waals surface area (Å²) in [6.07, 6.45) is 23.4. The number of nitriles is 3. The van der Waals surface area contributed by atoms with E-state index in [0.29, 0.717) is 46.8 Å². The molecule has 14 rings (SSSR count). The average molecular weight is 1550 g/mol. The number of hydrogen-bond donors (Lipinski definition) is 1. The van der Waals surface area contributed by atoms with Crippen LogP contribution in [0.15, 0.2) is 342 Å². The van der Waals surface area contributed by atoms with E-state index >= 15 is 0 Å². The number of furan rings is 2. The number of benzene rings is 7. The Labute approximate surface area is 668 Å². The van der Waals surface area contributed by atoms with E-state index < -0.39 is 0 Å². The summed E-state index contributed by atoms with van der Waals surface area (Å²) in [5.41, 5.74) is 11.7. The first-order valence-electron chi connectivity index (χ1n) is 33.7. The van der Waals surface area contributed by atoms with Crippen molar-refractivity contribution in [2.24, 2.45) is 0 Å². The van der Waals surface area contributed by atoms with Gasteiger partial charge in [-0.1, -0.05) is 228 Å². The number of para-hydroxylation sites is 4. The molecule has 14 aromatic rings. The van der Waals surface area contributed by atoms with Gasteiger partial charge in [-0.05, 0) is 166 Å². The minimum absolute atomic E-state index is 0.00318. The van der Waals surface area contributed by atoms with Gasteiger partial charge in [0.25, 0.3) is 6.47 Å². The minimum Gasteiger partial charge on any atom is -0.462 e. The molecule has 18 heteroatoms. The smallest absolute Gasteiger partial charge is 0.293 e. The Bertz CT molecular complexity index is 5140. The van der Waals surface area contributed by atoms with Crippen LogP contribution in [0, 0.1) is 47.5 Å². The fourth-order valence-electron chi connectivity index (χ4n) is 8.71. The molecule has 0 spiro atoms. The summed E-state index contributed by atoms with van der Waals surface area (Å²) in [5, 5.41) is 42.2. The van der Waals surface area contributed by atoms with Crippen molar-refractivity contribution in [2.75, 3.05) is 6.61 Å². The van der Waals surface area contributed by atoms with Gasteiger partial charge in [0.05, 0.1) is 69.5 Å². The number of aromatic nitrogens is 2. The van der Waals surface area contributed by atoms with Crippen molar-refractivity contribution in [3.8, 4) is 18.2 Å². The molecular weight excluding hydrogens is 1470 g/mol. The predicted octanol–water partition coefficient (Wildman–Crippen LogP) is 25.6. The maximum absolute atomic E-state index is 9.99. The summed E-state index contributed by atoms with van der Waals surface area (Å²) >= 11 is 6.52. The zero-order valence-electron chi connectivity index (χ0n) is 61.4. The van der Waals surface area contributed by atoms with Gasteiger partial charge >= 0.3 is 0 Å². The molecule has 0 atom stereocenters. The minimum atomic E-state index is 0.00318. The Morgan fingerprint density at radius 1 is 0.509 bits per heavy atom. The second-order valence-corrected chi connectivity index (χ2v) is 26.2. The highest BCUT2D eigenvalue weighted by Crippen LogP contribution is 2.26. The summed E-state index contributed by atoms with van der Waals surface area (Å²) in [4.78, 5) is 44.5. The van der Waals surface area contributed by atoms with Crippen LogP contribution in [0.2, 0.25) is 0 Å². The van der Waals surface area contributed by atoms with Crippen LogP contribution in [0.4, 0.5) is 0 Å². The van der Waals surface area contributed by atoms with E-state index in [0.717, 1.165) is 82.2 Å². The third-order valence-corrected chi connectivity index (χ3v) is 18.1. The van der Waals surface area contributed by atoms with Crippen LogP contribution in [0.3, 0.4) is 0 Å². The van der Waals surface area contributed by atoms with Gasteiger partial charge < -0.3 is 23.1 Å². The number of allylic oxidation sites excluding steroid dienone is 5. The Hall–Kier alpha value is -14.3. The Kier molecular flexibility index (Phi) is 40.9. The number of aldehydes is 2. The topological polar surface area (TPSA) is 222 Å². The van der Waals surface area contributed by atoms with Crippen LogP contribution in [-0.2, 0) is 16.1 Å². The highest BCUT2D eigenvalue weighted by Gasteiger charge is 2.03. The summed E-state index contributed by atoms with van der Waals surface area (Å²) in [6, 6.07) is 76.0. The van der Waals surface area contributed by atoms with Gasteiger partial charge in [0.15, 0.2) is 29.6 Å². The van der Waals surface area contributed by atoms with Crippen molar-refractivity contribution in [3.63, 3.8) is 0 Å². The third-order valence-electron chi connectivity index (χ3n) is 14.3. The fraction of sp³-hybridized carbons (Fsp3) is 0.0319. The molecule has 0 saturated carbocycles. The number of aryl methyl sites for hydroxylation is 1. The Balaban J connectivity index is 0.000000224. The molecule has 0 radical (unpaired) electrons. The molecule has 7 heterocycles. The molecular formula is C94H78N6O8S4. The van der Waals surface area contributed by atoms with Crippen LogP contribution in [0.25, 0.3) is 102 Å². The van der Waals surface area contributed by atoms with E-state index in [1.165, 1.54) is 48.9 Å². The van der Waals surface area contributed by atoms with Crippen molar-refractivity contribution < 1.29 is 37.5 Å². The van der Waals surface area contributed by atoms with Crippen molar-refractivity contribution in [2.45, 2.75) is 13.5 Å². The number of oxazole rings is 1. The molecule has 0 bridgehead atoms. The summed E-state index contributed by atoms with van der Waals surface area (Å²) in [7, 11) is 0. The van der Waals surface area contributed by atoms with Gasteiger partial charge in [-0.2, -0.15) is 15.8 Å². The normalized spacial score (nSPS) is 10.2. The number of thiophene rings is 3. The van der Waals surface area contributed by atoms with Crippen LogP contribution < -0.4 is 0 Å². The third kappa shape index (κ3) is 32.4. The molecule has 0 saturated heterocycles. The molecule has 0 amide bonds. The lowest BCUT2D eigenvalue weighted by Gasteiger charge is -1.98. The van der Waals surface area contributed by atoms with Gasteiger partial charge in [0.2, 0.25) is 5.89 Å². The first-order chi connectivity index (χ1) is 54.7. The maximum Gasteiger partial charge on any atom is 0.293 e. The quantitative estimate of drug-likeness (QED) is 0.0366. The summed E-state index contributed by atoms with van der Waals surface area (Å²) < 4.78 is 22.4. The second kappa shape index (κ2) is 51.8. The van der Waals surface area contributed by atoms with E-state index in [2.05, 4.69) is 119 Å². The number of nitrogens with zero attached hydrogens (tertiary/aromatic N) is 6. The highest BCUT2D eigenvalue weighted by atomic mass is 32.1. The van der Waals surface area contributed by atoms with Crippen LogP contribution in [-0.4, -0.2) is 40.7 Å². The van der Waals surface area contributed by atoms with Crippen LogP contribution in [0.5, 0.6) is 0 Å². The number of carbonyl (C=O) groups is 3. The molecule has 556 valence electrons. The number of ether oxygens (including phenoxy) is 1. The number of aliphatic hydroxyl groups excluding tert-OH is 1. The number of aliphatic hydroxyl groups is 1. The highest BCUT2D eigenvalue weighted by molar-refractivity contribution is 7.20. The zero-order chi connectivity index (χ0) is 80.9. The van der Waals surface area contributed by atoms with Gasteiger partial charge in [-0.3, -0.25) is 14.4 Å². The molecule has 0 aliphatic rings. The number of rotatable bonds is 18. The molecule has 1 N–H and O–H groups in total. The maximum atomic E-state index is 9.99. The number of carbonyl (C=O) groups excluding carboxylic acids is 3. The Morgan fingerprint density at radius 2 is 1.09 bits per heavy atom. The lowest BCUT2D eigenvalue weighted by Crippen LogP contribution is -1.94. The molecule has 7 aromatic heterocycles. The number of thiazole rings is 1. The van der Waals surface area contributed by atoms with Crippen LogP contribution >= 0.6 is 45.3 Å². The zero-order valence-corrected chi connectivity index (χ0v) is 64.6. The molecule has 0 fully saturated rings. The number of hydrogen-bond acceptors (Lipinski definition) is 17. The molecule has 14 nitrogen and oxygen atoms in total. The van der Waals surface area contributed by atoms with Crippen molar-refractivity contribution in [1.29, 1.82) is 15.8 Å². The predicted molar refractivity (Wildman–Crippen MR) is 468 cm³/mol. The summed E-state index contributed by atoms with van der Waals surface area (Å²) in [6.45, 7) is 38.0. The summed E-state index contributed by atoms with van der Waals surface area (Å²) in [5.74, 6) is 1.78. The van der Waals surface area contributed by atoms with E-state index in [4.69, 9.17) is 36.3 Å². The van der Waals surface area contributed by atoms with E-state index in [1.54, 1.807) is 101 Å². The van der Waals surface area contributed by atoms with E-state index in [9.17, 15) is 14.4 Å². The monoisotopic (exact) mass is 1550 g/mol. The van der Waals surface area contributed by atoms with E-state index in [-0.39, 0.29) is 13.2 Å². The Morgan fingerprint density at radius 3 is 1.56 bits per heavy atom. The fourth-order valence-corrected chi connectivity index (χ4v) is 11.6. The van der Waals surface area contributed by atoms with Gasteiger partial charge in [0, 0.05) is 19.8 Å². The van der Waals surface area contributed by atoms with Gasteiger partial charge in [-0.25, -0.2) is 14.8 Å². The molecule has 0 aliphatic heterocycles. The first kappa shape index (κ1) is 88.3. The average Bonchev–Trinajstić information content (AvgIpc) is 1.73. The molecule has 0 aliphatic carbocycles. The largest absolute Gasteiger partial charge is 0.462 e. The number of fused-ring (bicyclic) bond motifs is 4. The van der Waals surface area contributed by atoms with Crippen molar-refractivity contribution in [1.82, 2.24) is 9.97 Å². The first-order valence-corrected chi connectivity index (χ1v) is 37.1. The second-order valence-electron chi connectivity index (χ2n) is 22.1.